The summed E-state index contributed by atoms with van der Waals surface area (Å²) in [6.07, 6.45) is 0.681. The molecule has 90 valence electrons. The van der Waals surface area contributed by atoms with Gasteiger partial charge in [0.25, 0.3) is 0 Å². The van der Waals surface area contributed by atoms with Gasteiger partial charge in [-0.1, -0.05) is 0 Å². The fraction of sp³-hybridized carbons (Fsp3) is 0.273. The van der Waals surface area contributed by atoms with E-state index in [1.165, 1.54) is 18.2 Å². The minimum atomic E-state index is -1.30. The van der Waals surface area contributed by atoms with Gasteiger partial charge in [-0.2, -0.15) is 0 Å². The monoisotopic (exact) mass is 301 g/mol. The molecule has 1 fully saturated rings. The van der Waals surface area contributed by atoms with Gasteiger partial charge in [0.05, 0.1) is 5.69 Å². The summed E-state index contributed by atoms with van der Waals surface area (Å²) in [6, 6.07) is 3.78. The topological polar surface area (TPSA) is 66.4 Å². The minimum absolute atomic E-state index is 0.340. The molecule has 2 rings (SSSR count). The van der Waals surface area contributed by atoms with E-state index in [4.69, 9.17) is 5.11 Å². The second kappa shape index (κ2) is 4.10. The number of benzene rings is 1. The van der Waals surface area contributed by atoms with Crippen molar-refractivity contribution in [3.63, 3.8) is 0 Å². The number of nitrogens with one attached hydrogen (secondary N) is 1. The lowest BCUT2D eigenvalue weighted by Crippen LogP contribution is -2.31. The number of carbonyl (C=O) groups excluding carboxylic acids is 1. The Hall–Kier alpha value is -1.43. The third-order valence-electron chi connectivity index (χ3n) is 2.77. The van der Waals surface area contributed by atoms with Crippen LogP contribution >= 0.6 is 15.9 Å². The molecule has 0 spiro atoms. The normalized spacial score (nSPS) is 16.4. The summed E-state index contributed by atoms with van der Waals surface area (Å²) in [5, 5.41) is 11.4. The fourth-order valence-corrected chi connectivity index (χ4v) is 1.95. The minimum Gasteiger partial charge on any atom is -0.480 e. The first-order valence-corrected chi connectivity index (χ1v) is 5.75. The summed E-state index contributed by atoms with van der Waals surface area (Å²) >= 11 is 3.10. The zero-order valence-corrected chi connectivity index (χ0v) is 10.3. The maximum Gasteiger partial charge on any atom is 0.319 e. The van der Waals surface area contributed by atoms with E-state index < -0.39 is 23.1 Å². The Bertz CT molecular complexity index is 499. The number of amides is 1. The molecular weight excluding hydrogens is 293 g/mol. The van der Waals surface area contributed by atoms with Crippen molar-refractivity contribution in [2.24, 2.45) is 5.41 Å². The van der Waals surface area contributed by atoms with Gasteiger partial charge in [-0.25, -0.2) is 4.39 Å². The van der Waals surface area contributed by atoms with Crippen LogP contribution in [0, 0.1) is 11.2 Å². The van der Waals surface area contributed by atoms with E-state index in [-0.39, 0.29) is 0 Å². The van der Waals surface area contributed by atoms with E-state index in [0.29, 0.717) is 23.0 Å². The lowest BCUT2D eigenvalue weighted by Gasteiger charge is -2.11. The Morgan fingerprint density at radius 1 is 1.41 bits per heavy atom. The van der Waals surface area contributed by atoms with Gasteiger partial charge in [0.2, 0.25) is 5.91 Å². The Labute approximate surface area is 105 Å². The number of aliphatic carboxylic acids is 1. The van der Waals surface area contributed by atoms with Crippen LogP contribution in [0.1, 0.15) is 12.8 Å². The van der Waals surface area contributed by atoms with Crippen molar-refractivity contribution in [3.8, 4) is 0 Å². The number of rotatable bonds is 3. The first-order chi connectivity index (χ1) is 7.95. The highest BCUT2D eigenvalue weighted by Gasteiger charge is 2.57. The maximum absolute atomic E-state index is 12.8. The van der Waals surface area contributed by atoms with Gasteiger partial charge in [-0.15, -0.1) is 0 Å². The smallest absolute Gasteiger partial charge is 0.319 e. The molecule has 1 aromatic carbocycles. The van der Waals surface area contributed by atoms with Gasteiger partial charge >= 0.3 is 5.97 Å². The number of anilines is 1. The zero-order valence-electron chi connectivity index (χ0n) is 8.67. The summed E-state index contributed by atoms with van der Waals surface area (Å²) in [7, 11) is 0. The van der Waals surface area contributed by atoms with Crippen LogP contribution in [-0.4, -0.2) is 17.0 Å². The molecule has 0 bridgehead atoms. The molecule has 0 radical (unpaired) electrons. The van der Waals surface area contributed by atoms with Crippen molar-refractivity contribution in [3.05, 3.63) is 28.5 Å². The zero-order chi connectivity index (χ0) is 12.6. The molecule has 6 heteroatoms. The van der Waals surface area contributed by atoms with Crippen molar-refractivity contribution < 1.29 is 19.1 Å². The molecule has 0 saturated heterocycles. The predicted octanol–water partition coefficient (Wildman–Crippen LogP) is 2.39. The number of hydrogen-bond acceptors (Lipinski definition) is 2. The summed E-state index contributed by atoms with van der Waals surface area (Å²) in [4.78, 5) is 22.7. The highest BCUT2D eigenvalue weighted by Crippen LogP contribution is 2.47. The lowest BCUT2D eigenvalue weighted by atomic mass is 10.1. The average molecular weight is 302 g/mol. The molecule has 1 aromatic rings. The van der Waals surface area contributed by atoms with Gasteiger partial charge in [-0.3, -0.25) is 9.59 Å². The van der Waals surface area contributed by atoms with Crippen LogP contribution < -0.4 is 5.32 Å². The summed E-state index contributed by atoms with van der Waals surface area (Å²) in [5.41, 5.74) is -0.933. The van der Waals surface area contributed by atoms with E-state index in [1.807, 2.05) is 0 Å². The number of carbonyl (C=O) groups is 2. The molecule has 0 atom stereocenters. The Balaban J connectivity index is 2.17. The van der Waals surface area contributed by atoms with Crippen LogP contribution in [-0.2, 0) is 9.59 Å². The molecule has 4 nitrogen and oxygen atoms in total. The standard InChI is InChI=1S/C11H9BrFNO3/c12-7-5-6(13)1-2-8(7)14-9(15)11(3-4-11)10(16)17/h1-2,5H,3-4H2,(H,14,15)(H,16,17). The Kier molecular flexibility index (Phi) is 2.91. The van der Waals surface area contributed by atoms with E-state index in [1.54, 1.807) is 0 Å². The van der Waals surface area contributed by atoms with Crippen molar-refractivity contribution >= 4 is 33.5 Å². The molecule has 0 aliphatic heterocycles. The van der Waals surface area contributed by atoms with Gasteiger partial charge in [-0.05, 0) is 47.0 Å². The Morgan fingerprint density at radius 2 is 2.06 bits per heavy atom. The molecule has 1 amide bonds. The molecule has 0 unspecified atom stereocenters. The molecule has 2 N–H and O–H groups in total. The fourth-order valence-electron chi connectivity index (χ4n) is 1.50. The van der Waals surface area contributed by atoms with Gasteiger partial charge in [0, 0.05) is 4.47 Å². The SMILES string of the molecule is O=C(O)C1(C(=O)Nc2ccc(F)cc2Br)CC1. The van der Waals surface area contributed by atoms with Crippen molar-refractivity contribution in [2.75, 3.05) is 5.32 Å². The maximum atomic E-state index is 12.8. The second-order valence-electron chi connectivity index (χ2n) is 3.97. The quantitative estimate of drug-likeness (QED) is 0.843. The molecule has 0 aromatic heterocycles. The number of halogens is 2. The summed E-state index contributed by atoms with van der Waals surface area (Å²) in [6.45, 7) is 0. The summed E-state index contributed by atoms with van der Waals surface area (Å²) < 4.78 is 13.2. The summed E-state index contributed by atoms with van der Waals surface area (Å²) in [5.74, 6) is -2.11. The average Bonchev–Trinajstić information content (AvgIpc) is 3.02. The largest absolute Gasteiger partial charge is 0.480 e. The van der Waals surface area contributed by atoms with E-state index in [0.717, 1.165) is 0 Å². The van der Waals surface area contributed by atoms with Gasteiger partial charge < -0.3 is 10.4 Å². The predicted molar refractivity (Wildman–Crippen MR) is 62.0 cm³/mol. The lowest BCUT2D eigenvalue weighted by molar-refractivity contribution is -0.147. The van der Waals surface area contributed by atoms with Gasteiger partial charge in [0.15, 0.2) is 0 Å². The van der Waals surface area contributed by atoms with Crippen LogP contribution in [0.3, 0.4) is 0 Å². The van der Waals surface area contributed by atoms with Crippen LogP contribution in [0.15, 0.2) is 22.7 Å². The molecule has 0 heterocycles. The third kappa shape index (κ3) is 2.17. The van der Waals surface area contributed by atoms with Crippen molar-refractivity contribution in [1.29, 1.82) is 0 Å². The first-order valence-electron chi connectivity index (χ1n) is 4.95. The highest BCUT2D eigenvalue weighted by molar-refractivity contribution is 9.10. The number of carboxylic acids is 1. The van der Waals surface area contributed by atoms with Gasteiger partial charge in [0.1, 0.15) is 11.2 Å². The van der Waals surface area contributed by atoms with Crippen molar-refractivity contribution in [1.82, 2.24) is 0 Å². The number of hydrogen-bond donors (Lipinski definition) is 2. The third-order valence-corrected chi connectivity index (χ3v) is 3.43. The molecule has 17 heavy (non-hydrogen) atoms. The van der Waals surface area contributed by atoms with Crippen LogP contribution in [0.4, 0.5) is 10.1 Å². The first kappa shape index (κ1) is 12.0. The highest BCUT2D eigenvalue weighted by atomic mass is 79.9. The van der Waals surface area contributed by atoms with Crippen LogP contribution in [0.5, 0.6) is 0 Å². The van der Waals surface area contributed by atoms with E-state index in [9.17, 15) is 14.0 Å². The molecule has 1 saturated carbocycles. The molecular formula is C11H9BrFNO3. The molecule has 1 aliphatic carbocycles. The number of carboxylic acid groups (broad SMARTS) is 1. The van der Waals surface area contributed by atoms with Crippen molar-refractivity contribution in [2.45, 2.75) is 12.8 Å². The van der Waals surface area contributed by atoms with Crippen LogP contribution in [0.25, 0.3) is 0 Å². The van der Waals surface area contributed by atoms with Crippen LogP contribution in [0.2, 0.25) is 0 Å². The second-order valence-corrected chi connectivity index (χ2v) is 4.82. The van der Waals surface area contributed by atoms with E-state index >= 15 is 0 Å². The Morgan fingerprint density at radius 3 is 2.53 bits per heavy atom. The van der Waals surface area contributed by atoms with E-state index in [2.05, 4.69) is 21.2 Å². The molecule has 1 aliphatic rings.